The van der Waals surface area contributed by atoms with E-state index in [1.807, 2.05) is 37.3 Å². The number of carbonyl (C=O) groups is 1. The van der Waals surface area contributed by atoms with Crippen molar-refractivity contribution in [3.05, 3.63) is 89.5 Å². The molecule has 0 aliphatic rings. The molecule has 0 unspecified atom stereocenters. The second-order valence-electron chi connectivity index (χ2n) is 6.93. The molecule has 4 heteroatoms. The highest BCUT2D eigenvalue weighted by atomic mass is 16.1. The number of aryl methyl sites for hydroxylation is 2. The number of anilines is 2. The highest BCUT2D eigenvalue weighted by molar-refractivity contribution is 6.04. The van der Waals surface area contributed by atoms with Crippen molar-refractivity contribution in [2.24, 2.45) is 0 Å². The van der Waals surface area contributed by atoms with Gasteiger partial charge in [-0.15, -0.1) is 0 Å². The van der Waals surface area contributed by atoms with Crippen LogP contribution >= 0.6 is 0 Å². The number of pyridine rings is 1. The minimum absolute atomic E-state index is 0.208. The molecule has 4 aromatic rings. The summed E-state index contributed by atoms with van der Waals surface area (Å²) >= 11 is 0. The Labute approximate surface area is 164 Å². The molecule has 1 heterocycles. The summed E-state index contributed by atoms with van der Waals surface area (Å²) in [4.78, 5) is 16.8. The molecule has 1 aromatic heterocycles. The number of hydrogen-bond donors (Lipinski definition) is 2. The van der Waals surface area contributed by atoms with Gasteiger partial charge in [-0.3, -0.25) is 4.79 Å². The number of amides is 1. The lowest BCUT2D eigenvalue weighted by Crippen LogP contribution is -2.13. The molecule has 0 aliphatic heterocycles. The lowest BCUT2D eigenvalue weighted by molar-refractivity contribution is 0.102. The molecule has 0 saturated heterocycles. The van der Waals surface area contributed by atoms with Crippen molar-refractivity contribution in [2.45, 2.75) is 13.8 Å². The van der Waals surface area contributed by atoms with Crippen LogP contribution in [0.5, 0.6) is 0 Å². The maximum absolute atomic E-state index is 12.4. The summed E-state index contributed by atoms with van der Waals surface area (Å²) in [5.41, 5.74) is 11.0. The van der Waals surface area contributed by atoms with E-state index >= 15 is 0 Å². The zero-order chi connectivity index (χ0) is 19.7. The predicted octanol–water partition coefficient (Wildman–Crippen LogP) is 5.35. The van der Waals surface area contributed by atoms with Gasteiger partial charge in [0.25, 0.3) is 5.91 Å². The van der Waals surface area contributed by atoms with Crippen molar-refractivity contribution in [3.8, 4) is 11.1 Å². The fourth-order valence-corrected chi connectivity index (χ4v) is 3.35. The van der Waals surface area contributed by atoms with Gasteiger partial charge in [-0.25, -0.2) is 4.98 Å². The molecule has 4 rings (SSSR count). The van der Waals surface area contributed by atoms with Crippen LogP contribution in [0.3, 0.4) is 0 Å². The number of aromatic nitrogens is 1. The Balaban J connectivity index is 1.66. The van der Waals surface area contributed by atoms with E-state index in [-0.39, 0.29) is 5.91 Å². The molecule has 3 N–H and O–H groups in total. The van der Waals surface area contributed by atoms with Crippen LogP contribution in [0.1, 0.15) is 21.5 Å². The summed E-state index contributed by atoms with van der Waals surface area (Å²) in [6.45, 7) is 4.08. The number of nitrogens with one attached hydrogen (secondary N) is 1. The monoisotopic (exact) mass is 367 g/mol. The maximum Gasteiger partial charge on any atom is 0.256 e. The molecule has 4 nitrogen and oxygen atoms in total. The normalized spacial score (nSPS) is 10.8. The van der Waals surface area contributed by atoms with Gasteiger partial charge in [-0.05, 0) is 60.0 Å². The van der Waals surface area contributed by atoms with E-state index in [0.717, 1.165) is 22.1 Å². The van der Waals surface area contributed by atoms with Crippen LogP contribution in [0.15, 0.2) is 72.8 Å². The fraction of sp³-hybridized carbons (Fsp3) is 0.0833. The van der Waals surface area contributed by atoms with Gasteiger partial charge >= 0.3 is 0 Å². The Morgan fingerprint density at radius 3 is 2.21 bits per heavy atom. The van der Waals surface area contributed by atoms with Crippen LogP contribution in [-0.2, 0) is 0 Å². The lowest BCUT2D eigenvalue weighted by atomic mass is 9.96. The highest BCUT2D eigenvalue weighted by Crippen LogP contribution is 2.33. The van der Waals surface area contributed by atoms with E-state index in [4.69, 9.17) is 5.73 Å². The van der Waals surface area contributed by atoms with Gasteiger partial charge in [-0.1, -0.05) is 54.1 Å². The summed E-state index contributed by atoms with van der Waals surface area (Å²) in [5.74, 6) is 0.611. The summed E-state index contributed by atoms with van der Waals surface area (Å²) in [6, 6.07) is 23.5. The second kappa shape index (κ2) is 7.16. The summed E-state index contributed by atoms with van der Waals surface area (Å²) < 4.78 is 0. The smallest absolute Gasteiger partial charge is 0.256 e. The second-order valence-corrected chi connectivity index (χ2v) is 6.93. The van der Waals surface area contributed by atoms with Crippen LogP contribution < -0.4 is 11.1 Å². The lowest BCUT2D eigenvalue weighted by Gasteiger charge is -2.12. The van der Waals surface area contributed by atoms with Gasteiger partial charge in [0.15, 0.2) is 0 Å². The van der Waals surface area contributed by atoms with E-state index in [0.29, 0.717) is 17.2 Å². The molecule has 0 radical (unpaired) electrons. The summed E-state index contributed by atoms with van der Waals surface area (Å²) in [5, 5.41) is 5.14. The minimum atomic E-state index is -0.208. The van der Waals surface area contributed by atoms with Gasteiger partial charge in [0.1, 0.15) is 11.6 Å². The molecule has 0 fully saturated rings. The molecule has 1 amide bonds. The number of nitrogens with zero attached hydrogens (tertiary/aromatic N) is 1. The number of benzene rings is 3. The number of rotatable bonds is 3. The van der Waals surface area contributed by atoms with Crippen LogP contribution in [0.2, 0.25) is 0 Å². The third-order valence-electron chi connectivity index (χ3n) is 4.91. The number of hydrogen-bond acceptors (Lipinski definition) is 3. The van der Waals surface area contributed by atoms with E-state index in [9.17, 15) is 4.79 Å². The fourth-order valence-electron chi connectivity index (χ4n) is 3.35. The zero-order valence-corrected chi connectivity index (χ0v) is 15.9. The minimum Gasteiger partial charge on any atom is -0.383 e. The van der Waals surface area contributed by atoms with Crippen LogP contribution in [0, 0.1) is 13.8 Å². The van der Waals surface area contributed by atoms with Crippen molar-refractivity contribution >= 4 is 28.3 Å². The first-order chi connectivity index (χ1) is 13.5. The van der Waals surface area contributed by atoms with Crippen LogP contribution in [-0.4, -0.2) is 10.9 Å². The van der Waals surface area contributed by atoms with Crippen molar-refractivity contribution < 1.29 is 4.79 Å². The molecule has 0 spiro atoms. The first kappa shape index (κ1) is 17.7. The van der Waals surface area contributed by atoms with Gasteiger partial charge in [0.05, 0.1) is 0 Å². The average molecular weight is 367 g/mol. The van der Waals surface area contributed by atoms with E-state index in [1.54, 1.807) is 18.2 Å². The van der Waals surface area contributed by atoms with Crippen molar-refractivity contribution in [1.82, 2.24) is 4.98 Å². The predicted molar refractivity (Wildman–Crippen MR) is 115 cm³/mol. The third-order valence-corrected chi connectivity index (χ3v) is 4.91. The van der Waals surface area contributed by atoms with Gasteiger partial charge in [-0.2, -0.15) is 0 Å². The van der Waals surface area contributed by atoms with Gasteiger partial charge in [0.2, 0.25) is 0 Å². The number of nitrogen functional groups attached to an aromatic ring is 1. The van der Waals surface area contributed by atoms with Crippen molar-refractivity contribution in [1.29, 1.82) is 0 Å². The highest BCUT2D eigenvalue weighted by Gasteiger charge is 2.12. The van der Waals surface area contributed by atoms with Gasteiger partial charge < -0.3 is 11.1 Å². The molecule has 0 atom stereocenters. The Hall–Kier alpha value is -3.66. The van der Waals surface area contributed by atoms with Crippen LogP contribution in [0.25, 0.3) is 21.9 Å². The quantitative estimate of drug-likeness (QED) is 0.513. The van der Waals surface area contributed by atoms with E-state index in [2.05, 4.69) is 41.5 Å². The first-order valence-electron chi connectivity index (χ1n) is 9.16. The third kappa shape index (κ3) is 3.32. The Kier molecular flexibility index (Phi) is 4.53. The standard InChI is InChI=1S/C24H21N3O/c1-15-7-10-17(11-8-15)24(28)27-22-14-13-21(23(25)26-22)20-12-9-16(2)18-5-3-4-6-19(18)20/h3-14H,1-2H3,(H3,25,26,27,28). The van der Waals surface area contributed by atoms with Crippen molar-refractivity contribution in [3.63, 3.8) is 0 Å². The molecule has 3 aromatic carbocycles. The maximum atomic E-state index is 12.4. The zero-order valence-electron chi connectivity index (χ0n) is 15.9. The average Bonchev–Trinajstić information content (AvgIpc) is 2.70. The first-order valence-corrected chi connectivity index (χ1v) is 9.16. The van der Waals surface area contributed by atoms with Gasteiger partial charge in [0, 0.05) is 11.1 Å². The van der Waals surface area contributed by atoms with Crippen molar-refractivity contribution in [2.75, 3.05) is 11.1 Å². The molecule has 0 saturated carbocycles. The molecular weight excluding hydrogens is 346 g/mol. The summed E-state index contributed by atoms with van der Waals surface area (Å²) in [7, 11) is 0. The number of fused-ring (bicyclic) bond motifs is 1. The molecule has 0 aliphatic carbocycles. The summed E-state index contributed by atoms with van der Waals surface area (Å²) in [6.07, 6.45) is 0. The molecular formula is C24H21N3O. The number of carbonyl (C=O) groups excluding carboxylic acids is 1. The topological polar surface area (TPSA) is 68.0 Å². The Morgan fingerprint density at radius 2 is 1.50 bits per heavy atom. The molecule has 138 valence electrons. The van der Waals surface area contributed by atoms with Crippen LogP contribution in [0.4, 0.5) is 11.6 Å². The van der Waals surface area contributed by atoms with E-state index in [1.165, 1.54) is 10.9 Å². The Morgan fingerprint density at radius 1 is 0.821 bits per heavy atom. The molecule has 28 heavy (non-hydrogen) atoms. The van der Waals surface area contributed by atoms with E-state index < -0.39 is 0 Å². The Bertz CT molecular complexity index is 1180. The number of nitrogens with two attached hydrogens (primary N) is 1. The molecule has 0 bridgehead atoms. The SMILES string of the molecule is Cc1ccc(C(=O)Nc2ccc(-c3ccc(C)c4ccccc34)c(N)n2)cc1. The largest absolute Gasteiger partial charge is 0.383 e.